The van der Waals surface area contributed by atoms with Crippen LogP contribution in [0.3, 0.4) is 0 Å². The molecule has 0 radical (unpaired) electrons. The Morgan fingerprint density at radius 2 is 1.96 bits per heavy atom. The summed E-state index contributed by atoms with van der Waals surface area (Å²) in [5.41, 5.74) is 3.45. The van der Waals surface area contributed by atoms with E-state index in [0.717, 1.165) is 51.2 Å². The highest BCUT2D eigenvalue weighted by atomic mass is 16.5. The number of piperazine rings is 1. The molecule has 1 atom stereocenters. The first-order chi connectivity index (χ1) is 12.7. The maximum atomic E-state index is 12.6. The summed E-state index contributed by atoms with van der Waals surface area (Å²) in [4.78, 5) is 17.1. The number of hydrogen-bond donors (Lipinski definition) is 0. The first kappa shape index (κ1) is 17.3. The topological polar surface area (TPSA) is 49.6 Å². The van der Waals surface area contributed by atoms with Crippen LogP contribution in [0.15, 0.2) is 34.9 Å². The number of hydrogen-bond acceptors (Lipinski definition) is 4. The maximum Gasteiger partial charge on any atom is 0.276 e. The normalized spacial score (nSPS) is 20.8. The zero-order valence-electron chi connectivity index (χ0n) is 15.5. The van der Waals surface area contributed by atoms with Crippen molar-refractivity contribution in [3.05, 3.63) is 52.9 Å². The fourth-order valence-corrected chi connectivity index (χ4v) is 4.22. The van der Waals surface area contributed by atoms with Crippen LogP contribution in [0.5, 0.6) is 0 Å². The Morgan fingerprint density at radius 1 is 1.19 bits per heavy atom. The molecule has 1 fully saturated rings. The minimum absolute atomic E-state index is 0.00439. The lowest BCUT2D eigenvalue weighted by Crippen LogP contribution is -2.53. The van der Waals surface area contributed by atoms with Gasteiger partial charge in [0.25, 0.3) is 5.91 Å². The molecule has 2 aliphatic rings. The van der Waals surface area contributed by atoms with E-state index in [9.17, 15) is 4.79 Å². The Morgan fingerprint density at radius 3 is 2.73 bits per heavy atom. The lowest BCUT2D eigenvalue weighted by molar-refractivity contribution is 0.0544. The van der Waals surface area contributed by atoms with Gasteiger partial charge in [0, 0.05) is 44.7 Å². The Hall–Kier alpha value is -2.14. The number of carbonyl (C=O) groups excluding carboxylic acids is 1. The number of rotatable bonds is 4. The van der Waals surface area contributed by atoms with Gasteiger partial charge in [0.15, 0.2) is 5.69 Å². The molecule has 1 aromatic carbocycles. The second-order valence-electron chi connectivity index (χ2n) is 7.42. The Kier molecular flexibility index (Phi) is 5.07. The average molecular weight is 353 g/mol. The Labute approximate surface area is 155 Å². The van der Waals surface area contributed by atoms with Crippen molar-refractivity contribution in [1.29, 1.82) is 0 Å². The minimum atomic E-state index is 0.00439. The van der Waals surface area contributed by atoms with E-state index in [2.05, 4.69) is 41.2 Å². The van der Waals surface area contributed by atoms with Gasteiger partial charge in [-0.1, -0.05) is 36.3 Å². The molecular formula is C21H27N3O2. The highest BCUT2D eigenvalue weighted by Crippen LogP contribution is 2.25. The molecule has 2 aromatic rings. The van der Waals surface area contributed by atoms with Crippen molar-refractivity contribution in [3.8, 4) is 0 Å². The fourth-order valence-electron chi connectivity index (χ4n) is 4.22. The third-order valence-electron chi connectivity index (χ3n) is 5.71. The molecule has 0 bridgehead atoms. The lowest BCUT2D eigenvalue weighted by Gasteiger charge is -2.41. The van der Waals surface area contributed by atoms with E-state index in [1.165, 1.54) is 24.0 Å². The monoisotopic (exact) mass is 353 g/mol. The van der Waals surface area contributed by atoms with Crippen molar-refractivity contribution >= 4 is 5.91 Å². The van der Waals surface area contributed by atoms with E-state index in [-0.39, 0.29) is 5.91 Å². The predicted octanol–water partition coefficient (Wildman–Crippen LogP) is 2.94. The van der Waals surface area contributed by atoms with E-state index in [0.29, 0.717) is 11.7 Å². The summed E-state index contributed by atoms with van der Waals surface area (Å²) in [7, 11) is 0. The number of amides is 1. The second kappa shape index (κ2) is 7.62. The zero-order chi connectivity index (χ0) is 17.9. The van der Waals surface area contributed by atoms with Crippen LogP contribution in [0.2, 0.25) is 0 Å². The van der Waals surface area contributed by atoms with Gasteiger partial charge in [-0.15, -0.1) is 0 Å². The summed E-state index contributed by atoms with van der Waals surface area (Å²) >= 11 is 0. The van der Waals surface area contributed by atoms with Crippen molar-refractivity contribution in [3.63, 3.8) is 0 Å². The molecule has 0 spiro atoms. The molecule has 138 valence electrons. The quantitative estimate of drug-likeness (QED) is 0.848. The highest BCUT2D eigenvalue weighted by Gasteiger charge is 2.29. The number of nitrogens with zero attached hydrogens (tertiary/aromatic N) is 3. The summed E-state index contributed by atoms with van der Waals surface area (Å²) in [6, 6.07) is 11.2. The molecule has 26 heavy (non-hydrogen) atoms. The van der Waals surface area contributed by atoms with E-state index in [1.54, 1.807) is 6.07 Å². The fraction of sp³-hybridized carbons (Fsp3) is 0.524. The Balaban J connectivity index is 1.33. The van der Waals surface area contributed by atoms with Gasteiger partial charge >= 0.3 is 0 Å². The lowest BCUT2D eigenvalue weighted by atomic mass is 9.87. The molecule has 0 N–H and O–H groups in total. The van der Waals surface area contributed by atoms with E-state index in [4.69, 9.17) is 4.52 Å². The molecular weight excluding hydrogens is 326 g/mol. The maximum absolute atomic E-state index is 12.6. The molecule has 1 aromatic heterocycles. The van der Waals surface area contributed by atoms with Crippen molar-refractivity contribution in [2.75, 3.05) is 26.2 Å². The van der Waals surface area contributed by atoms with E-state index < -0.39 is 0 Å². The summed E-state index contributed by atoms with van der Waals surface area (Å²) in [6.45, 7) is 5.52. The van der Waals surface area contributed by atoms with Crippen LogP contribution in [0, 0.1) is 0 Å². The van der Waals surface area contributed by atoms with Crippen molar-refractivity contribution in [2.45, 2.75) is 45.1 Å². The van der Waals surface area contributed by atoms with Gasteiger partial charge in [-0.3, -0.25) is 9.69 Å². The highest BCUT2D eigenvalue weighted by molar-refractivity contribution is 5.92. The largest absolute Gasteiger partial charge is 0.361 e. The van der Waals surface area contributed by atoms with Gasteiger partial charge < -0.3 is 9.42 Å². The first-order valence-corrected chi connectivity index (χ1v) is 9.80. The van der Waals surface area contributed by atoms with Gasteiger partial charge in [0.1, 0.15) is 5.76 Å². The summed E-state index contributed by atoms with van der Waals surface area (Å²) in [5, 5.41) is 3.96. The number of aromatic nitrogens is 1. The number of benzene rings is 1. The van der Waals surface area contributed by atoms with Gasteiger partial charge in [0.05, 0.1) is 0 Å². The van der Waals surface area contributed by atoms with Gasteiger partial charge in [-0.2, -0.15) is 0 Å². The summed E-state index contributed by atoms with van der Waals surface area (Å²) < 4.78 is 5.26. The van der Waals surface area contributed by atoms with Crippen molar-refractivity contribution in [2.24, 2.45) is 0 Å². The van der Waals surface area contributed by atoms with Gasteiger partial charge in [-0.25, -0.2) is 0 Å². The Bertz CT molecular complexity index is 762. The zero-order valence-corrected chi connectivity index (χ0v) is 15.5. The number of aryl methyl sites for hydroxylation is 2. The molecule has 1 amide bonds. The molecule has 0 saturated carbocycles. The SMILES string of the molecule is CCCc1cc(C(=O)N2CCN([C@@H]3CCc4ccccc4C3)CC2)no1. The number of fused-ring (bicyclic) bond motifs is 1. The van der Waals surface area contributed by atoms with E-state index >= 15 is 0 Å². The van der Waals surface area contributed by atoms with Crippen LogP contribution in [0.4, 0.5) is 0 Å². The summed E-state index contributed by atoms with van der Waals surface area (Å²) in [5.74, 6) is 0.806. The smallest absolute Gasteiger partial charge is 0.276 e. The average Bonchev–Trinajstić information content (AvgIpc) is 3.16. The third kappa shape index (κ3) is 3.54. The van der Waals surface area contributed by atoms with Crippen LogP contribution in [0.1, 0.15) is 47.1 Å². The van der Waals surface area contributed by atoms with Gasteiger partial charge in [-0.05, 0) is 36.8 Å². The minimum Gasteiger partial charge on any atom is -0.361 e. The van der Waals surface area contributed by atoms with Crippen molar-refractivity contribution < 1.29 is 9.32 Å². The standard InChI is InChI=1S/C21H27N3O2/c1-2-5-19-15-20(22-26-19)21(25)24-12-10-23(11-13-24)18-9-8-16-6-3-4-7-17(16)14-18/h3-4,6-7,15,18H,2,5,8-14H2,1H3/t18-/m1/s1. The van der Waals surface area contributed by atoms with Crippen LogP contribution >= 0.6 is 0 Å². The number of carbonyl (C=O) groups is 1. The van der Waals surface area contributed by atoms with Crippen LogP contribution in [-0.4, -0.2) is 53.1 Å². The molecule has 2 heterocycles. The van der Waals surface area contributed by atoms with Crippen LogP contribution in [-0.2, 0) is 19.3 Å². The molecule has 5 heteroatoms. The molecule has 1 aliphatic heterocycles. The summed E-state index contributed by atoms with van der Waals surface area (Å²) in [6.07, 6.45) is 5.34. The first-order valence-electron chi connectivity index (χ1n) is 9.80. The van der Waals surface area contributed by atoms with Crippen LogP contribution in [0.25, 0.3) is 0 Å². The third-order valence-corrected chi connectivity index (χ3v) is 5.71. The second-order valence-corrected chi connectivity index (χ2v) is 7.42. The van der Waals surface area contributed by atoms with Gasteiger partial charge in [0.2, 0.25) is 0 Å². The molecule has 1 aliphatic carbocycles. The van der Waals surface area contributed by atoms with Crippen LogP contribution < -0.4 is 0 Å². The van der Waals surface area contributed by atoms with Crippen molar-refractivity contribution in [1.82, 2.24) is 15.0 Å². The predicted molar refractivity (Wildman–Crippen MR) is 100 cm³/mol. The molecule has 1 saturated heterocycles. The molecule has 5 nitrogen and oxygen atoms in total. The molecule has 0 unspecified atom stereocenters. The molecule has 4 rings (SSSR count). The van der Waals surface area contributed by atoms with E-state index in [1.807, 2.05) is 4.90 Å².